The molecule has 48 heavy (non-hydrogen) atoms. The molecular formula is C43H35IrN3O-2. The molecule has 3 heterocycles. The number of fused-ring (bicyclic) bond motifs is 2. The second-order valence-electron chi connectivity index (χ2n) is 12.8. The van der Waals surface area contributed by atoms with E-state index < -0.39 is 0 Å². The van der Waals surface area contributed by atoms with Crippen molar-refractivity contribution in [2.45, 2.75) is 27.2 Å². The van der Waals surface area contributed by atoms with Crippen LogP contribution in [0.2, 0.25) is 0 Å². The van der Waals surface area contributed by atoms with Crippen LogP contribution in [-0.4, -0.2) is 14.5 Å². The number of aromatic nitrogens is 3. The smallest absolute Gasteiger partial charge is 0.0774 e. The van der Waals surface area contributed by atoms with E-state index >= 15 is 0 Å². The average molecular weight is 802 g/mol. The molecule has 0 spiro atoms. The Morgan fingerprint density at radius 3 is 2.19 bits per heavy atom. The van der Waals surface area contributed by atoms with E-state index in [1.54, 1.807) is 6.20 Å². The van der Waals surface area contributed by atoms with Crippen molar-refractivity contribution in [2.75, 3.05) is 0 Å². The van der Waals surface area contributed by atoms with E-state index in [9.17, 15) is 0 Å². The first kappa shape index (κ1) is 32.8. The Balaban J connectivity index is 0.000000260. The van der Waals surface area contributed by atoms with E-state index in [4.69, 9.17) is 9.40 Å². The van der Waals surface area contributed by atoms with Gasteiger partial charge in [0.05, 0.1) is 16.9 Å². The van der Waals surface area contributed by atoms with Gasteiger partial charge in [0.2, 0.25) is 0 Å². The van der Waals surface area contributed by atoms with Crippen LogP contribution in [0, 0.1) is 17.7 Å². The minimum absolute atomic E-state index is 0. The molecular weight excluding hydrogens is 767 g/mol. The monoisotopic (exact) mass is 802 g/mol. The Kier molecular flexibility index (Phi) is 9.82. The van der Waals surface area contributed by atoms with Gasteiger partial charge in [0.15, 0.2) is 0 Å². The number of furan rings is 1. The third kappa shape index (κ3) is 7.23. The van der Waals surface area contributed by atoms with Crippen LogP contribution in [0.25, 0.3) is 61.5 Å². The third-order valence-corrected chi connectivity index (χ3v) is 7.98. The van der Waals surface area contributed by atoms with E-state index in [1.807, 2.05) is 54.6 Å². The first-order chi connectivity index (χ1) is 22.9. The summed E-state index contributed by atoms with van der Waals surface area (Å²) in [5.74, 6) is 0.838. The molecule has 0 N–H and O–H groups in total. The van der Waals surface area contributed by atoms with Gasteiger partial charge in [-0.3, -0.25) is 4.98 Å². The summed E-state index contributed by atoms with van der Waals surface area (Å²) in [6, 6.07) is 50.6. The zero-order chi connectivity index (χ0) is 32.2. The van der Waals surface area contributed by atoms with Crippen LogP contribution >= 0.6 is 0 Å². The molecule has 0 aliphatic carbocycles. The first-order valence-corrected chi connectivity index (χ1v) is 15.9. The SMILES string of the molecule is CC(C)(C)Cc1ccc2o[c-]c(-c3nc4ccccc4n3-c3ccc(-c4ccccc4)cc3)c2c1.[Ir].[c-]1ccccc1-c1ccccn1. The van der Waals surface area contributed by atoms with E-state index in [0.29, 0.717) is 0 Å². The van der Waals surface area contributed by atoms with Gasteiger partial charge in [0, 0.05) is 43.8 Å². The van der Waals surface area contributed by atoms with Crippen LogP contribution in [0.4, 0.5) is 0 Å². The predicted molar refractivity (Wildman–Crippen MR) is 192 cm³/mol. The molecule has 0 bridgehead atoms. The molecule has 0 saturated carbocycles. The van der Waals surface area contributed by atoms with Crippen LogP contribution in [0.1, 0.15) is 26.3 Å². The Bertz CT molecular complexity index is 2190. The molecule has 0 aliphatic heterocycles. The van der Waals surface area contributed by atoms with Gasteiger partial charge in [-0.1, -0.05) is 122 Å². The van der Waals surface area contributed by atoms with Crippen molar-refractivity contribution < 1.29 is 24.5 Å². The topological polar surface area (TPSA) is 43.9 Å². The molecule has 0 unspecified atom stereocenters. The molecule has 5 aromatic carbocycles. The summed E-state index contributed by atoms with van der Waals surface area (Å²) in [6.07, 6.45) is 5.95. The van der Waals surface area contributed by atoms with Gasteiger partial charge in [-0.2, -0.15) is 0 Å². The number of hydrogen-bond donors (Lipinski definition) is 0. The van der Waals surface area contributed by atoms with Gasteiger partial charge in [0.25, 0.3) is 0 Å². The summed E-state index contributed by atoms with van der Waals surface area (Å²) in [5, 5.41) is 1.05. The van der Waals surface area contributed by atoms with Gasteiger partial charge in [-0.05, 0) is 59.0 Å². The summed E-state index contributed by atoms with van der Waals surface area (Å²) >= 11 is 0. The van der Waals surface area contributed by atoms with Crippen molar-refractivity contribution in [3.05, 3.63) is 164 Å². The van der Waals surface area contributed by atoms with Crippen molar-refractivity contribution in [3.8, 4) is 39.5 Å². The maximum absolute atomic E-state index is 5.87. The Morgan fingerprint density at radius 2 is 1.46 bits per heavy atom. The second-order valence-corrected chi connectivity index (χ2v) is 12.8. The molecule has 0 fully saturated rings. The van der Waals surface area contributed by atoms with E-state index in [2.05, 4.69) is 128 Å². The summed E-state index contributed by atoms with van der Waals surface area (Å²) in [6.45, 7) is 6.79. The zero-order valence-electron chi connectivity index (χ0n) is 27.1. The van der Waals surface area contributed by atoms with E-state index in [1.165, 1.54) is 16.7 Å². The average Bonchev–Trinajstić information content (AvgIpc) is 3.70. The van der Waals surface area contributed by atoms with E-state index in [0.717, 1.165) is 56.8 Å². The molecule has 0 amide bonds. The summed E-state index contributed by atoms with van der Waals surface area (Å²) in [4.78, 5) is 9.26. The fourth-order valence-electron chi connectivity index (χ4n) is 5.87. The van der Waals surface area contributed by atoms with E-state index in [-0.39, 0.29) is 25.5 Å². The fourth-order valence-corrected chi connectivity index (χ4v) is 5.87. The number of rotatable bonds is 5. The minimum Gasteiger partial charge on any atom is -0.557 e. The van der Waals surface area contributed by atoms with Gasteiger partial charge in [0.1, 0.15) is 0 Å². The number of benzene rings is 5. The van der Waals surface area contributed by atoms with Crippen LogP contribution in [0.15, 0.2) is 150 Å². The van der Waals surface area contributed by atoms with Crippen molar-refractivity contribution >= 4 is 22.0 Å². The molecule has 239 valence electrons. The molecule has 3 aromatic heterocycles. The maximum atomic E-state index is 5.87. The number of para-hydroxylation sites is 2. The van der Waals surface area contributed by atoms with Gasteiger partial charge in [-0.25, -0.2) is 0 Å². The fraction of sp³-hybridized carbons (Fsp3) is 0.116. The standard InChI is InChI=1S/C32H27N2O.C11H8N.Ir/c1-32(2,3)20-22-13-18-30-26(19-22)27(21-35-30)31-33-28-11-7-8-12-29(28)34(31)25-16-14-24(15-17-25)23-9-5-4-6-10-23;1-2-6-10(7-3-1)11-8-4-5-9-12-11;/h4-19H,20H2,1-3H3;1-6,8-9H;/q2*-1;. The number of nitrogens with zero attached hydrogens (tertiary/aromatic N) is 3. The minimum atomic E-state index is 0. The summed E-state index contributed by atoms with van der Waals surface area (Å²) in [7, 11) is 0. The molecule has 0 atom stereocenters. The molecule has 4 nitrogen and oxygen atoms in total. The summed E-state index contributed by atoms with van der Waals surface area (Å²) < 4.78 is 8.08. The van der Waals surface area contributed by atoms with Crippen LogP contribution in [0.5, 0.6) is 0 Å². The molecule has 0 saturated heterocycles. The number of imidazole rings is 1. The zero-order valence-corrected chi connectivity index (χ0v) is 29.5. The van der Waals surface area contributed by atoms with Gasteiger partial charge >= 0.3 is 0 Å². The molecule has 5 heteroatoms. The quantitative estimate of drug-likeness (QED) is 0.163. The predicted octanol–water partition coefficient (Wildman–Crippen LogP) is 11.0. The molecule has 8 aromatic rings. The summed E-state index contributed by atoms with van der Waals surface area (Å²) in [5.41, 5.74) is 10.7. The molecule has 1 radical (unpaired) electrons. The Morgan fingerprint density at radius 1 is 0.729 bits per heavy atom. The van der Waals surface area contributed by atoms with Crippen molar-refractivity contribution in [2.24, 2.45) is 5.41 Å². The Hall–Kier alpha value is -5.09. The Labute approximate surface area is 295 Å². The molecule has 8 rings (SSSR count). The molecule has 0 aliphatic rings. The van der Waals surface area contributed by atoms with Crippen LogP contribution < -0.4 is 0 Å². The van der Waals surface area contributed by atoms with Gasteiger partial charge in [-0.15, -0.1) is 35.9 Å². The normalized spacial score (nSPS) is 11.1. The van der Waals surface area contributed by atoms with Crippen molar-refractivity contribution in [1.29, 1.82) is 0 Å². The maximum Gasteiger partial charge on any atom is 0.0774 e. The van der Waals surface area contributed by atoms with Crippen molar-refractivity contribution in [1.82, 2.24) is 14.5 Å². The first-order valence-electron chi connectivity index (χ1n) is 15.9. The van der Waals surface area contributed by atoms with Crippen LogP contribution in [-0.2, 0) is 26.5 Å². The number of hydrogen-bond acceptors (Lipinski definition) is 3. The largest absolute Gasteiger partial charge is 0.557 e. The number of pyridine rings is 1. The van der Waals surface area contributed by atoms with Crippen LogP contribution in [0.3, 0.4) is 0 Å². The van der Waals surface area contributed by atoms with Gasteiger partial charge < -0.3 is 14.0 Å². The third-order valence-electron chi connectivity index (χ3n) is 7.98. The second kappa shape index (κ2) is 14.4. The van der Waals surface area contributed by atoms with Crippen molar-refractivity contribution in [3.63, 3.8) is 0 Å².